The lowest BCUT2D eigenvalue weighted by Gasteiger charge is -2.31. The number of carbonyl (C=O) groups excluding carboxylic acids is 1. The highest BCUT2D eigenvalue weighted by Gasteiger charge is 2.27. The molecular weight excluding hydrogens is 312 g/mol. The smallest absolute Gasteiger partial charge is 0.254 e. The Morgan fingerprint density at radius 2 is 2.04 bits per heavy atom. The van der Waals surface area contributed by atoms with Gasteiger partial charge in [0.05, 0.1) is 23.8 Å². The van der Waals surface area contributed by atoms with Crippen LogP contribution in [0.15, 0.2) is 36.7 Å². The molecule has 0 spiro atoms. The van der Waals surface area contributed by atoms with Crippen molar-refractivity contribution in [2.24, 2.45) is 5.73 Å². The fourth-order valence-electron chi connectivity index (χ4n) is 2.45. The Labute approximate surface area is 141 Å². The molecule has 124 valence electrons. The molecule has 3 N–H and O–H groups in total. The number of nitrogens with two attached hydrogens (primary N) is 1. The highest BCUT2D eigenvalue weighted by Crippen LogP contribution is 2.17. The molecule has 1 aromatic carbocycles. The molecular formula is C17H23ClN4O. The van der Waals surface area contributed by atoms with Crippen LogP contribution in [0.25, 0.3) is 0 Å². The minimum absolute atomic E-state index is 0.149. The molecule has 1 aromatic heterocycles. The average molecular weight is 335 g/mol. The molecule has 2 rings (SSSR count). The minimum atomic E-state index is -0.359. The van der Waals surface area contributed by atoms with Gasteiger partial charge in [0, 0.05) is 17.8 Å². The van der Waals surface area contributed by atoms with Crippen LogP contribution in [0, 0.1) is 0 Å². The molecule has 0 bridgehead atoms. The van der Waals surface area contributed by atoms with Gasteiger partial charge in [-0.3, -0.25) is 9.48 Å². The normalized spacial score (nSPS) is 11.5. The van der Waals surface area contributed by atoms with Crippen molar-refractivity contribution in [1.29, 1.82) is 0 Å². The van der Waals surface area contributed by atoms with Crippen molar-refractivity contribution in [3.05, 3.63) is 52.8 Å². The van der Waals surface area contributed by atoms with E-state index in [-0.39, 0.29) is 11.4 Å². The highest BCUT2D eigenvalue weighted by molar-refractivity contribution is 6.31. The maximum atomic E-state index is 12.4. The molecule has 2 aromatic rings. The topological polar surface area (TPSA) is 72.9 Å². The predicted molar refractivity (Wildman–Crippen MR) is 92.6 cm³/mol. The van der Waals surface area contributed by atoms with Crippen LogP contribution in [0.2, 0.25) is 5.02 Å². The third-order valence-corrected chi connectivity index (χ3v) is 4.68. The summed E-state index contributed by atoms with van der Waals surface area (Å²) in [4.78, 5) is 12.4. The van der Waals surface area contributed by atoms with Gasteiger partial charge >= 0.3 is 0 Å². The van der Waals surface area contributed by atoms with E-state index < -0.39 is 0 Å². The number of hydrogen-bond acceptors (Lipinski definition) is 3. The molecule has 0 unspecified atom stereocenters. The van der Waals surface area contributed by atoms with Crippen molar-refractivity contribution in [2.75, 3.05) is 6.54 Å². The van der Waals surface area contributed by atoms with Crippen LogP contribution < -0.4 is 11.1 Å². The van der Waals surface area contributed by atoms with E-state index in [2.05, 4.69) is 10.4 Å². The molecule has 0 aliphatic rings. The maximum Gasteiger partial charge on any atom is 0.254 e. The third kappa shape index (κ3) is 4.12. The zero-order chi connectivity index (χ0) is 16.9. The van der Waals surface area contributed by atoms with E-state index in [4.69, 9.17) is 17.3 Å². The number of hydrogen-bond donors (Lipinski definition) is 2. The minimum Gasteiger partial charge on any atom is -0.345 e. The largest absolute Gasteiger partial charge is 0.345 e. The Bertz CT molecular complexity index is 656. The van der Waals surface area contributed by atoms with Crippen LogP contribution in [-0.4, -0.2) is 27.8 Å². The summed E-state index contributed by atoms with van der Waals surface area (Å²) in [6.07, 6.45) is 4.88. The first-order valence-corrected chi connectivity index (χ1v) is 8.20. The van der Waals surface area contributed by atoms with Gasteiger partial charge in [-0.15, -0.1) is 0 Å². The van der Waals surface area contributed by atoms with Crippen LogP contribution in [0.1, 0.15) is 42.6 Å². The van der Waals surface area contributed by atoms with Gasteiger partial charge in [-0.2, -0.15) is 5.10 Å². The summed E-state index contributed by atoms with van der Waals surface area (Å²) in [6, 6.07) is 7.59. The van der Waals surface area contributed by atoms with Crippen molar-refractivity contribution < 1.29 is 4.79 Å². The van der Waals surface area contributed by atoms with E-state index in [9.17, 15) is 4.79 Å². The summed E-state index contributed by atoms with van der Waals surface area (Å²) in [6.45, 7) is 4.99. The van der Waals surface area contributed by atoms with Crippen LogP contribution in [0.4, 0.5) is 0 Å². The molecule has 6 heteroatoms. The molecule has 0 fully saturated rings. The Morgan fingerprint density at radius 3 is 2.65 bits per heavy atom. The van der Waals surface area contributed by atoms with Crippen LogP contribution in [0.3, 0.4) is 0 Å². The van der Waals surface area contributed by atoms with Crippen molar-refractivity contribution >= 4 is 17.5 Å². The van der Waals surface area contributed by atoms with Crippen molar-refractivity contribution in [3.8, 4) is 0 Å². The molecule has 0 atom stereocenters. The first kappa shape index (κ1) is 17.5. The van der Waals surface area contributed by atoms with Gasteiger partial charge in [-0.05, 0) is 24.5 Å². The molecule has 0 saturated heterocycles. The van der Waals surface area contributed by atoms with Gasteiger partial charge in [0.1, 0.15) is 0 Å². The fraction of sp³-hybridized carbons (Fsp3) is 0.412. The zero-order valence-electron chi connectivity index (χ0n) is 13.6. The second-order valence-electron chi connectivity index (χ2n) is 5.66. The summed E-state index contributed by atoms with van der Waals surface area (Å²) in [7, 11) is 0. The Kier molecular flexibility index (Phi) is 5.80. The van der Waals surface area contributed by atoms with Crippen LogP contribution >= 0.6 is 11.6 Å². The standard InChI is InChI=1S/C17H23ClN4O/c1-3-17(4-2,12-19)21-16(23)14-9-20-22(11-14)10-13-7-5-6-8-15(13)18/h5-9,11H,3-4,10,12,19H2,1-2H3,(H,21,23). The molecule has 0 saturated carbocycles. The predicted octanol–water partition coefficient (Wildman–Crippen LogP) is 2.83. The lowest BCUT2D eigenvalue weighted by Crippen LogP contribution is -2.52. The van der Waals surface area contributed by atoms with Crippen molar-refractivity contribution in [2.45, 2.75) is 38.8 Å². The van der Waals surface area contributed by atoms with E-state index in [1.165, 1.54) is 0 Å². The maximum absolute atomic E-state index is 12.4. The Hall–Kier alpha value is -1.85. The lowest BCUT2D eigenvalue weighted by molar-refractivity contribution is 0.0895. The van der Waals surface area contributed by atoms with Gasteiger partial charge in [0.25, 0.3) is 5.91 Å². The first-order valence-electron chi connectivity index (χ1n) is 7.82. The number of halogens is 1. The molecule has 1 heterocycles. The van der Waals surface area contributed by atoms with E-state index in [1.807, 2.05) is 38.1 Å². The Morgan fingerprint density at radius 1 is 1.35 bits per heavy atom. The molecule has 23 heavy (non-hydrogen) atoms. The SMILES string of the molecule is CCC(CC)(CN)NC(=O)c1cnn(Cc2ccccc2Cl)c1. The first-order chi connectivity index (χ1) is 11.0. The van der Waals surface area contributed by atoms with E-state index in [0.717, 1.165) is 18.4 Å². The number of amides is 1. The van der Waals surface area contributed by atoms with Crippen LogP contribution in [-0.2, 0) is 6.54 Å². The third-order valence-electron chi connectivity index (χ3n) is 4.31. The second-order valence-corrected chi connectivity index (χ2v) is 6.07. The molecule has 0 radical (unpaired) electrons. The Balaban J connectivity index is 2.10. The summed E-state index contributed by atoms with van der Waals surface area (Å²) in [5, 5.41) is 7.98. The lowest BCUT2D eigenvalue weighted by atomic mass is 9.92. The summed E-state index contributed by atoms with van der Waals surface area (Å²) in [5.41, 5.74) is 6.96. The van der Waals surface area contributed by atoms with E-state index >= 15 is 0 Å². The summed E-state index contributed by atoms with van der Waals surface area (Å²) < 4.78 is 1.71. The molecule has 1 amide bonds. The number of nitrogens with one attached hydrogen (secondary N) is 1. The van der Waals surface area contributed by atoms with Gasteiger partial charge in [-0.1, -0.05) is 43.6 Å². The number of carbonyl (C=O) groups is 1. The average Bonchev–Trinajstić information content (AvgIpc) is 3.03. The van der Waals surface area contributed by atoms with E-state index in [1.54, 1.807) is 17.1 Å². The summed E-state index contributed by atoms with van der Waals surface area (Å²) in [5.74, 6) is -0.149. The molecule has 0 aliphatic carbocycles. The highest BCUT2D eigenvalue weighted by atomic mass is 35.5. The number of nitrogens with zero attached hydrogens (tertiary/aromatic N) is 2. The van der Waals surface area contributed by atoms with Gasteiger partial charge in [0.15, 0.2) is 0 Å². The number of benzene rings is 1. The van der Waals surface area contributed by atoms with Crippen LogP contribution in [0.5, 0.6) is 0 Å². The second kappa shape index (κ2) is 7.62. The zero-order valence-corrected chi connectivity index (χ0v) is 14.3. The molecule has 5 nitrogen and oxygen atoms in total. The van der Waals surface area contributed by atoms with Gasteiger partial charge in [-0.25, -0.2) is 0 Å². The number of aromatic nitrogens is 2. The fourth-order valence-corrected chi connectivity index (χ4v) is 2.64. The molecule has 0 aliphatic heterocycles. The van der Waals surface area contributed by atoms with Gasteiger partial charge < -0.3 is 11.1 Å². The monoisotopic (exact) mass is 334 g/mol. The van der Waals surface area contributed by atoms with Crippen molar-refractivity contribution in [1.82, 2.24) is 15.1 Å². The van der Waals surface area contributed by atoms with Crippen molar-refractivity contribution in [3.63, 3.8) is 0 Å². The van der Waals surface area contributed by atoms with E-state index in [0.29, 0.717) is 23.7 Å². The van der Waals surface area contributed by atoms with Gasteiger partial charge in [0.2, 0.25) is 0 Å². The quantitative estimate of drug-likeness (QED) is 0.817. The number of rotatable bonds is 7. The summed E-state index contributed by atoms with van der Waals surface area (Å²) >= 11 is 6.15.